The molecule has 2 rings (SSSR count). The minimum absolute atomic E-state index is 0.235. The van der Waals surface area contributed by atoms with E-state index in [2.05, 4.69) is 20.9 Å². The van der Waals surface area contributed by atoms with Crippen LogP contribution >= 0.6 is 27.3 Å². The Balaban J connectivity index is 1.89. The fraction of sp³-hybridized carbons (Fsp3) is 0.333. The highest BCUT2D eigenvalue weighted by Crippen LogP contribution is 2.25. The van der Waals surface area contributed by atoms with E-state index in [9.17, 15) is 9.18 Å². The lowest BCUT2D eigenvalue weighted by atomic mass is 10.2. The third kappa shape index (κ3) is 4.51. The fourth-order valence-corrected chi connectivity index (χ4v) is 3.40. The zero-order valence-corrected chi connectivity index (χ0v) is 14.4. The molecule has 0 unspecified atom stereocenters. The second kappa shape index (κ2) is 8.24. The number of aryl methyl sites for hydroxylation is 1. The van der Waals surface area contributed by atoms with Gasteiger partial charge in [-0.25, -0.2) is 14.2 Å². The number of thiazole rings is 1. The van der Waals surface area contributed by atoms with Gasteiger partial charge in [-0.2, -0.15) is 0 Å². The number of benzene rings is 1. The molecule has 0 spiro atoms. The Morgan fingerprint density at radius 1 is 1.41 bits per heavy atom. The third-order valence-corrected chi connectivity index (χ3v) is 4.35. The second-order valence-electron chi connectivity index (χ2n) is 4.34. The molecule has 1 aromatic carbocycles. The molecule has 1 aromatic heterocycles. The molecule has 0 fully saturated rings. The Morgan fingerprint density at radius 3 is 2.91 bits per heavy atom. The molecule has 1 heterocycles. The number of carbonyl (C=O) groups is 1. The van der Waals surface area contributed by atoms with E-state index in [1.165, 1.54) is 17.4 Å². The van der Waals surface area contributed by atoms with Gasteiger partial charge in [-0.15, -0.1) is 11.3 Å². The van der Waals surface area contributed by atoms with Gasteiger partial charge in [-0.3, -0.25) is 0 Å². The van der Waals surface area contributed by atoms with Gasteiger partial charge in [0, 0.05) is 4.88 Å². The normalized spacial score (nSPS) is 10.5. The lowest BCUT2D eigenvalue weighted by molar-refractivity contribution is 0.0519. The van der Waals surface area contributed by atoms with Gasteiger partial charge in [0.1, 0.15) is 0 Å². The number of aromatic nitrogens is 1. The number of hydrogen-bond donors (Lipinski definition) is 0. The zero-order valence-electron chi connectivity index (χ0n) is 12.0. The highest BCUT2D eigenvalue weighted by Gasteiger charge is 2.18. The summed E-state index contributed by atoms with van der Waals surface area (Å²) in [5.74, 6) is -0.566. The molecule has 7 heteroatoms. The summed E-state index contributed by atoms with van der Waals surface area (Å²) in [5.41, 5.74) is 0.338. The van der Waals surface area contributed by atoms with Gasteiger partial charge in [-0.1, -0.05) is 12.1 Å². The van der Waals surface area contributed by atoms with Gasteiger partial charge in [0.05, 0.1) is 13.2 Å². The van der Waals surface area contributed by atoms with Crippen molar-refractivity contribution in [3.05, 3.63) is 44.6 Å². The predicted octanol–water partition coefficient (Wildman–Crippen LogP) is 4.23. The molecule has 0 atom stereocenters. The smallest absolute Gasteiger partial charge is 0.358 e. The van der Waals surface area contributed by atoms with Crippen LogP contribution in [0.4, 0.5) is 4.39 Å². The maximum absolute atomic E-state index is 13.4. The molecule has 0 saturated heterocycles. The monoisotopic (exact) mass is 387 g/mol. The molecular formula is C15H15BrFNO3S. The number of halogens is 2. The van der Waals surface area contributed by atoms with Crippen molar-refractivity contribution in [2.75, 3.05) is 13.2 Å². The van der Waals surface area contributed by atoms with Crippen molar-refractivity contribution in [1.82, 2.24) is 4.98 Å². The summed E-state index contributed by atoms with van der Waals surface area (Å²) in [6.45, 7) is 2.42. The average Bonchev–Trinajstić information content (AvgIpc) is 2.87. The SMILES string of the molecule is CCOC(=O)c1nc(Br)sc1CCCOc1ccccc1F. The zero-order chi connectivity index (χ0) is 15.9. The Hall–Kier alpha value is -1.47. The van der Waals surface area contributed by atoms with Crippen molar-refractivity contribution in [1.29, 1.82) is 0 Å². The Bertz CT molecular complexity index is 647. The summed E-state index contributed by atoms with van der Waals surface area (Å²) >= 11 is 4.67. The van der Waals surface area contributed by atoms with Crippen LogP contribution in [0.5, 0.6) is 5.75 Å². The molecule has 0 amide bonds. The molecule has 0 N–H and O–H groups in total. The maximum Gasteiger partial charge on any atom is 0.358 e. The average molecular weight is 388 g/mol. The van der Waals surface area contributed by atoms with Crippen molar-refractivity contribution in [3.63, 3.8) is 0 Å². The first-order chi connectivity index (χ1) is 10.6. The van der Waals surface area contributed by atoms with Gasteiger partial charge in [0.2, 0.25) is 0 Å². The molecule has 0 aliphatic heterocycles. The Morgan fingerprint density at radius 2 is 2.18 bits per heavy atom. The molecular weight excluding hydrogens is 373 g/mol. The van der Waals surface area contributed by atoms with Gasteiger partial charge in [0.25, 0.3) is 0 Å². The molecule has 0 radical (unpaired) electrons. The van der Waals surface area contributed by atoms with E-state index in [0.717, 1.165) is 4.88 Å². The minimum Gasteiger partial charge on any atom is -0.491 e. The van der Waals surface area contributed by atoms with Gasteiger partial charge >= 0.3 is 5.97 Å². The molecule has 2 aromatic rings. The Labute approximate surface area is 140 Å². The summed E-state index contributed by atoms with van der Waals surface area (Å²) in [5, 5.41) is 0. The molecule has 0 saturated carbocycles. The van der Waals surface area contributed by atoms with E-state index in [1.54, 1.807) is 25.1 Å². The number of carbonyl (C=O) groups excluding carboxylic acids is 1. The van der Waals surface area contributed by atoms with Gasteiger partial charge in [-0.05, 0) is 47.8 Å². The number of esters is 1. The lowest BCUT2D eigenvalue weighted by Gasteiger charge is -2.06. The number of nitrogens with zero attached hydrogens (tertiary/aromatic N) is 1. The number of para-hydroxylation sites is 1. The molecule has 22 heavy (non-hydrogen) atoms. The first kappa shape index (κ1) is 16.9. The highest BCUT2D eigenvalue weighted by atomic mass is 79.9. The van der Waals surface area contributed by atoms with E-state index in [1.807, 2.05) is 0 Å². The number of ether oxygens (including phenoxy) is 2. The van der Waals surface area contributed by atoms with Crippen LogP contribution in [-0.4, -0.2) is 24.2 Å². The van der Waals surface area contributed by atoms with E-state index in [-0.39, 0.29) is 11.6 Å². The van der Waals surface area contributed by atoms with Crippen LogP contribution < -0.4 is 4.74 Å². The van der Waals surface area contributed by atoms with Crippen LogP contribution in [-0.2, 0) is 11.2 Å². The Kier molecular flexibility index (Phi) is 6.33. The van der Waals surface area contributed by atoms with Crippen LogP contribution in [0, 0.1) is 5.82 Å². The van der Waals surface area contributed by atoms with Crippen LogP contribution in [0.1, 0.15) is 28.7 Å². The molecule has 0 bridgehead atoms. The van der Waals surface area contributed by atoms with E-state index in [0.29, 0.717) is 35.7 Å². The van der Waals surface area contributed by atoms with Gasteiger partial charge < -0.3 is 9.47 Å². The quantitative estimate of drug-likeness (QED) is 0.526. The highest BCUT2D eigenvalue weighted by molar-refractivity contribution is 9.11. The van der Waals surface area contributed by atoms with Gasteiger partial charge in [0.15, 0.2) is 21.2 Å². The first-order valence-corrected chi connectivity index (χ1v) is 8.42. The van der Waals surface area contributed by atoms with Crippen LogP contribution in [0.3, 0.4) is 0 Å². The lowest BCUT2D eigenvalue weighted by Crippen LogP contribution is -2.08. The number of rotatable bonds is 7. The van der Waals surface area contributed by atoms with Crippen molar-refractivity contribution in [2.24, 2.45) is 0 Å². The first-order valence-electron chi connectivity index (χ1n) is 6.81. The van der Waals surface area contributed by atoms with Crippen LogP contribution in [0.15, 0.2) is 28.2 Å². The van der Waals surface area contributed by atoms with E-state index < -0.39 is 5.97 Å². The summed E-state index contributed by atoms with van der Waals surface area (Å²) < 4.78 is 24.4. The summed E-state index contributed by atoms with van der Waals surface area (Å²) in [6, 6.07) is 6.28. The molecule has 0 aliphatic rings. The van der Waals surface area contributed by atoms with E-state index >= 15 is 0 Å². The largest absolute Gasteiger partial charge is 0.491 e. The molecule has 118 valence electrons. The van der Waals surface area contributed by atoms with Crippen molar-refractivity contribution in [3.8, 4) is 5.75 Å². The summed E-state index contributed by atoms with van der Waals surface area (Å²) in [6.07, 6.45) is 1.27. The number of hydrogen-bond acceptors (Lipinski definition) is 5. The maximum atomic E-state index is 13.4. The fourth-order valence-electron chi connectivity index (χ4n) is 1.83. The second-order valence-corrected chi connectivity index (χ2v) is 6.70. The van der Waals surface area contributed by atoms with Crippen LogP contribution in [0.2, 0.25) is 0 Å². The standard InChI is InChI=1S/C15H15BrFNO3S/c1-2-20-14(19)13-12(22-15(16)18-13)8-5-9-21-11-7-4-3-6-10(11)17/h3-4,6-7H,2,5,8-9H2,1H3. The van der Waals surface area contributed by atoms with Crippen molar-refractivity contribution >= 4 is 33.2 Å². The van der Waals surface area contributed by atoms with Crippen molar-refractivity contribution in [2.45, 2.75) is 19.8 Å². The molecule has 0 aliphatic carbocycles. The predicted molar refractivity (Wildman–Crippen MR) is 86.0 cm³/mol. The van der Waals surface area contributed by atoms with Crippen LogP contribution in [0.25, 0.3) is 0 Å². The van der Waals surface area contributed by atoms with Crippen molar-refractivity contribution < 1.29 is 18.7 Å². The summed E-state index contributed by atoms with van der Waals surface area (Å²) in [4.78, 5) is 16.8. The third-order valence-electron chi connectivity index (χ3n) is 2.78. The van der Waals surface area contributed by atoms with E-state index in [4.69, 9.17) is 9.47 Å². The molecule has 4 nitrogen and oxygen atoms in total. The summed E-state index contributed by atoms with van der Waals surface area (Å²) in [7, 11) is 0. The topological polar surface area (TPSA) is 48.4 Å². The minimum atomic E-state index is -0.422.